The van der Waals surface area contributed by atoms with Gasteiger partial charge in [-0.2, -0.15) is 0 Å². The molecule has 4 heteroatoms. The zero-order valence-electron chi connectivity index (χ0n) is 20.6. The summed E-state index contributed by atoms with van der Waals surface area (Å²) >= 11 is 0. The monoisotopic (exact) mass is 414 g/mol. The fourth-order valence-electron chi connectivity index (χ4n) is 5.02. The maximum absolute atomic E-state index is 6.93. The van der Waals surface area contributed by atoms with E-state index in [1.54, 1.807) is 0 Å². The Kier molecular flexibility index (Phi) is 9.32. The molecule has 1 rings (SSSR count). The van der Waals surface area contributed by atoms with Gasteiger partial charge in [-0.25, -0.2) is 0 Å². The molecule has 1 saturated carbocycles. The zero-order valence-corrected chi connectivity index (χ0v) is 22.6. The zero-order chi connectivity index (χ0) is 21.2. The Morgan fingerprint density at radius 1 is 0.519 bits per heavy atom. The van der Waals surface area contributed by atoms with Gasteiger partial charge in [0.25, 0.3) is 0 Å². The molecular weight excluding hydrogens is 364 g/mol. The number of rotatable bonds is 10. The van der Waals surface area contributed by atoms with Crippen molar-refractivity contribution in [3.8, 4) is 0 Å². The summed E-state index contributed by atoms with van der Waals surface area (Å²) in [7, 11) is -3.27. The quantitative estimate of drug-likeness (QED) is 0.346. The van der Waals surface area contributed by atoms with Crippen molar-refractivity contribution < 1.29 is 8.85 Å². The molecule has 0 amide bonds. The second-order valence-electron chi connectivity index (χ2n) is 12.3. The molecule has 0 aromatic rings. The third kappa shape index (κ3) is 8.71. The molecule has 0 bridgehead atoms. The lowest BCUT2D eigenvalue weighted by Crippen LogP contribution is -2.46. The normalized spacial score (nSPS) is 30.1. The first kappa shape index (κ1) is 25.4. The summed E-state index contributed by atoms with van der Waals surface area (Å²) in [6, 6.07) is 0. The van der Waals surface area contributed by atoms with Crippen molar-refractivity contribution in [2.75, 3.05) is 0 Å². The molecule has 0 N–H and O–H groups in total. The Morgan fingerprint density at radius 3 is 1.00 bits per heavy atom. The van der Waals surface area contributed by atoms with Crippen molar-refractivity contribution in [3.63, 3.8) is 0 Å². The molecule has 27 heavy (non-hydrogen) atoms. The van der Waals surface area contributed by atoms with E-state index in [2.05, 4.69) is 80.8 Å². The van der Waals surface area contributed by atoms with Crippen molar-refractivity contribution >= 4 is 16.6 Å². The fourth-order valence-corrected chi connectivity index (χ4v) is 7.27. The molecule has 0 saturated heterocycles. The van der Waals surface area contributed by atoms with Gasteiger partial charge in [0.15, 0.2) is 16.6 Å². The van der Waals surface area contributed by atoms with Crippen LogP contribution in [-0.4, -0.2) is 28.8 Å². The van der Waals surface area contributed by atoms with E-state index in [9.17, 15) is 0 Å². The average Bonchev–Trinajstić information content (AvgIpc) is 2.61. The molecule has 0 aliphatic heterocycles. The molecule has 0 heterocycles. The first-order valence-corrected chi connectivity index (χ1v) is 18.3. The predicted molar refractivity (Wildman–Crippen MR) is 125 cm³/mol. The highest BCUT2D eigenvalue weighted by atomic mass is 28.4. The molecule has 4 atom stereocenters. The summed E-state index contributed by atoms with van der Waals surface area (Å²) in [5.41, 5.74) is 0. The summed E-state index contributed by atoms with van der Waals surface area (Å²) in [6.45, 7) is 28.4. The third-order valence-electron chi connectivity index (χ3n) is 5.48. The topological polar surface area (TPSA) is 18.5 Å². The SMILES string of the molecule is CC(C)CC1C(CC(C)C)C(O[Si](C)(C)C)C(O[Si](C)(C)C)C1CC(C)C. The van der Waals surface area contributed by atoms with Crippen molar-refractivity contribution in [2.45, 2.75) is 112 Å². The van der Waals surface area contributed by atoms with Gasteiger partial charge >= 0.3 is 0 Å². The van der Waals surface area contributed by atoms with E-state index >= 15 is 0 Å². The summed E-state index contributed by atoms with van der Waals surface area (Å²) in [6.07, 6.45) is 4.43. The molecule has 2 nitrogen and oxygen atoms in total. The van der Waals surface area contributed by atoms with E-state index in [1.807, 2.05) is 0 Å². The summed E-state index contributed by atoms with van der Waals surface area (Å²) in [4.78, 5) is 0. The molecule has 0 aromatic carbocycles. The van der Waals surface area contributed by atoms with Crippen LogP contribution in [0.5, 0.6) is 0 Å². The largest absolute Gasteiger partial charge is 0.412 e. The van der Waals surface area contributed by atoms with Crippen LogP contribution in [-0.2, 0) is 8.85 Å². The third-order valence-corrected chi connectivity index (χ3v) is 7.44. The van der Waals surface area contributed by atoms with E-state index in [4.69, 9.17) is 8.85 Å². The lowest BCUT2D eigenvalue weighted by molar-refractivity contribution is 0.0205. The molecule has 1 aliphatic rings. The maximum Gasteiger partial charge on any atom is 0.184 e. The van der Waals surface area contributed by atoms with Crippen LogP contribution in [0.25, 0.3) is 0 Å². The van der Waals surface area contributed by atoms with E-state index in [-0.39, 0.29) is 0 Å². The minimum atomic E-state index is -1.64. The lowest BCUT2D eigenvalue weighted by atomic mass is 9.76. The van der Waals surface area contributed by atoms with Crippen molar-refractivity contribution in [1.82, 2.24) is 0 Å². The van der Waals surface area contributed by atoms with Crippen molar-refractivity contribution in [1.29, 1.82) is 0 Å². The Bertz CT molecular complexity index is 399. The van der Waals surface area contributed by atoms with E-state index in [0.29, 0.717) is 35.9 Å². The van der Waals surface area contributed by atoms with Gasteiger partial charge in [0.1, 0.15) is 0 Å². The molecule has 1 fully saturated rings. The van der Waals surface area contributed by atoms with Crippen LogP contribution in [0.3, 0.4) is 0 Å². The molecular formula is C23H50O2Si2. The highest BCUT2D eigenvalue weighted by molar-refractivity contribution is 6.70. The molecule has 4 unspecified atom stereocenters. The van der Waals surface area contributed by atoms with Gasteiger partial charge in [0, 0.05) is 0 Å². The van der Waals surface area contributed by atoms with Gasteiger partial charge in [-0.15, -0.1) is 0 Å². The van der Waals surface area contributed by atoms with Crippen LogP contribution in [0.15, 0.2) is 0 Å². The first-order valence-electron chi connectivity index (χ1n) is 11.5. The van der Waals surface area contributed by atoms with Crippen molar-refractivity contribution in [3.05, 3.63) is 0 Å². The molecule has 0 aromatic heterocycles. The van der Waals surface area contributed by atoms with Gasteiger partial charge in [-0.1, -0.05) is 41.5 Å². The number of hydrogen-bond donors (Lipinski definition) is 0. The minimum Gasteiger partial charge on any atom is -0.412 e. The highest BCUT2D eigenvalue weighted by Crippen LogP contribution is 2.50. The van der Waals surface area contributed by atoms with Crippen molar-refractivity contribution in [2.24, 2.45) is 35.5 Å². The number of hydrogen-bond acceptors (Lipinski definition) is 2. The van der Waals surface area contributed by atoms with E-state index in [1.165, 1.54) is 19.3 Å². The standard InChI is InChI=1S/C23H50O2Si2/c1-16(2)13-19-20(14-17(3)4)22(24-26(7,8)9)23(25-27(10,11)12)21(19)15-18(5)6/h16-23H,13-15H2,1-12H3. The predicted octanol–water partition coefficient (Wildman–Crippen LogP) is 7.43. The molecule has 0 radical (unpaired) electrons. The summed E-state index contributed by atoms with van der Waals surface area (Å²) < 4.78 is 13.9. The van der Waals surface area contributed by atoms with Crippen LogP contribution in [0.4, 0.5) is 0 Å². The minimum absolute atomic E-state index is 0.290. The maximum atomic E-state index is 6.93. The van der Waals surface area contributed by atoms with Crippen LogP contribution in [0.2, 0.25) is 39.3 Å². The highest BCUT2D eigenvalue weighted by Gasteiger charge is 2.53. The van der Waals surface area contributed by atoms with Crippen LogP contribution in [0, 0.1) is 35.5 Å². The second kappa shape index (κ2) is 9.91. The smallest absolute Gasteiger partial charge is 0.184 e. The van der Waals surface area contributed by atoms with Gasteiger partial charge in [-0.05, 0) is 94.1 Å². The Labute approximate surface area is 173 Å². The fraction of sp³-hybridized carbons (Fsp3) is 1.00. The van der Waals surface area contributed by atoms with Gasteiger partial charge in [0.2, 0.25) is 0 Å². The Morgan fingerprint density at radius 2 is 0.778 bits per heavy atom. The van der Waals surface area contributed by atoms with Crippen LogP contribution < -0.4 is 0 Å². The van der Waals surface area contributed by atoms with Crippen LogP contribution >= 0.6 is 0 Å². The lowest BCUT2D eigenvalue weighted by Gasteiger charge is -2.36. The first-order chi connectivity index (χ1) is 12.1. The summed E-state index contributed by atoms with van der Waals surface area (Å²) in [5.74, 6) is 4.17. The molecule has 1 aliphatic carbocycles. The summed E-state index contributed by atoms with van der Waals surface area (Å²) in [5, 5.41) is 0. The van der Waals surface area contributed by atoms with Gasteiger partial charge < -0.3 is 8.85 Å². The van der Waals surface area contributed by atoms with E-state index < -0.39 is 16.6 Å². The van der Waals surface area contributed by atoms with E-state index in [0.717, 1.165) is 11.8 Å². The van der Waals surface area contributed by atoms with Gasteiger partial charge in [-0.3, -0.25) is 0 Å². The van der Waals surface area contributed by atoms with Gasteiger partial charge in [0.05, 0.1) is 12.2 Å². The second-order valence-corrected chi connectivity index (χ2v) is 21.2. The molecule has 162 valence electrons. The molecule has 0 spiro atoms. The Balaban J connectivity index is 3.37. The van der Waals surface area contributed by atoms with Crippen LogP contribution in [0.1, 0.15) is 60.8 Å². The Hall–Kier alpha value is 0.354. The average molecular weight is 415 g/mol.